The maximum atomic E-state index is 12.2. The zero-order chi connectivity index (χ0) is 16.8. The lowest BCUT2D eigenvalue weighted by atomic mass is 9.92. The van der Waals surface area contributed by atoms with Gasteiger partial charge in [-0.25, -0.2) is 9.78 Å². The van der Waals surface area contributed by atoms with Crippen molar-refractivity contribution < 1.29 is 14.3 Å². The summed E-state index contributed by atoms with van der Waals surface area (Å²) in [6, 6.07) is 0. The van der Waals surface area contributed by atoms with E-state index in [2.05, 4.69) is 30.7 Å². The monoisotopic (exact) mass is 337 g/mol. The second-order valence-corrected chi connectivity index (χ2v) is 6.89. The SMILES string of the molecule is C=CCNc1nc(C(=O)OCC(=O)N2C[C@H](C)C[C@H](C)C2)cs1. The first-order chi connectivity index (χ1) is 11.0. The van der Waals surface area contributed by atoms with Gasteiger partial charge in [0, 0.05) is 25.0 Å². The Hall–Kier alpha value is -1.89. The van der Waals surface area contributed by atoms with E-state index in [-0.39, 0.29) is 18.2 Å². The molecule has 1 saturated heterocycles. The van der Waals surface area contributed by atoms with Crippen molar-refractivity contribution in [1.29, 1.82) is 0 Å². The van der Waals surface area contributed by atoms with Crippen molar-refractivity contribution in [2.24, 2.45) is 11.8 Å². The Balaban J connectivity index is 1.82. The lowest BCUT2D eigenvalue weighted by molar-refractivity contribution is -0.137. The van der Waals surface area contributed by atoms with Gasteiger partial charge in [-0.05, 0) is 18.3 Å². The Morgan fingerprint density at radius 2 is 2.17 bits per heavy atom. The van der Waals surface area contributed by atoms with Crippen LogP contribution in [0.3, 0.4) is 0 Å². The summed E-state index contributed by atoms with van der Waals surface area (Å²) in [4.78, 5) is 30.0. The van der Waals surface area contributed by atoms with E-state index in [0.29, 0.717) is 23.5 Å². The maximum Gasteiger partial charge on any atom is 0.358 e. The van der Waals surface area contributed by atoms with E-state index in [1.165, 1.54) is 11.3 Å². The van der Waals surface area contributed by atoms with Crippen LogP contribution < -0.4 is 5.32 Å². The molecule has 23 heavy (non-hydrogen) atoms. The topological polar surface area (TPSA) is 71.5 Å². The molecule has 2 atom stereocenters. The number of thiazole rings is 1. The van der Waals surface area contributed by atoms with E-state index in [0.717, 1.165) is 19.5 Å². The molecule has 1 amide bonds. The number of piperidine rings is 1. The molecule has 1 N–H and O–H groups in total. The average molecular weight is 337 g/mol. The molecule has 0 spiro atoms. The highest BCUT2D eigenvalue weighted by Gasteiger charge is 2.26. The molecule has 2 rings (SSSR count). The number of ether oxygens (including phenoxy) is 1. The van der Waals surface area contributed by atoms with E-state index in [9.17, 15) is 9.59 Å². The second-order valence-electron chi connectivity index (χ2n) is 6.03. The van der Waals surface area contributed by atoms with Gasteiger partial charge in [0.15, 0.2) is 17.4 Å². The van der Waals surface area contributed by atoms with Crippen LogP contribution in [0.25, 0.3) is 0 Å². The molecule has 0 saturated carbocycles. The van der Waals surface area contributed by atoms with E-state index in [1.807, 2.05) is 0 Å². The van der Waals surface area contributed by atoms with Crippen LogP contribution in [0, 0.1) is 11.8 Å². The lowest BCUT2D eigenvalue weighted by Crippen LogP contribution is -2.44. The molecule has 2 heterocycles. The normalized spacial score (nSPS) is 20.9. The zero-order valence-corrected chi connectivity index (χ0v) is 14.4. The van der Waals surface area contributed by atoms with E-state index in [4.69, 9.17) is 4.74 Å². The molecular weight excluding hydrogens is 314 g/mol. The molecule has 0 bridgehead atoms. The summed E-state index contributed by atoms with van der Waals surface area (Å²) in [6.07, 6.45) is 2.83. The smallest absolute Gasteiger partial charge is 0.358 e. The molecule has 1 fully saturated rings. The van der Waals surface area contributed by atoms with Crippen molar-refractivity contribution >= 4 is 28.3 Å². The van der Waals surface area contributed by atoms with Gasteiger partial charge in [0.05, 0.1) is 0 Å². The Bertz CT molecular complexity index is 563. The molecule has 1 aromatic heterocycles. The summed E-state index contributed by atoms with van der Waals surface area (Å²) >= 11 is 1.31. The van der Waals surface area contributed by atoms with Gasteiger partial charge in [0.25, 0.3) is 5.91 Å². The van der Waals surface area contributed by atoms with Crippen LogP contribution in [0.1, 0.15) is 30.8 Å². The van der Waals surface area contributed by atoms with Crippen LogP contribution >= 0.6 is 11.3 Å². The molecule has 0 unspecified atom stereocenters. The maximum absolute atomic E-state index is 12.2. The van der Waals surface area contributed by atoms with E-state index >= 15 is 0 Å². The largest absolute Gasteiger partial charge is 0.451 e. The zero-order valence-electron chi connectivity index (χ0n) is 13.6. The minimum absolute atomic E-state index is 0.142. The Labute approximate surface area is 140 Å². The fraction of sp³-hybridized carbons (Fsp3) is 0.562. The molecule has 0 radical (unpaired) electrons. The van der Waals surface area contributed by atoms with E-state index < -0.39 is 5.97 Å². The van der Waals surface area contributed by atoms with Crippen molar-refractivity contribution in [1.82, 2.24) is 9.88 Å². The Morgan fingerprint density at radius 1 is 1.48 bits per heavy atom. The second kappa shape index (κ2) is 8.10. The summed E-state index contributed by atoms with van der Waals surface area (Å²) < 4.78 is 5.10. The highest BCUT2D eigenvalue weighted by Crippen LogP contribution is 2.21. The molecule has 0 aromatic carbocycles. The number of esters is 1. The number of hydrogen-bond donors (Lipinski definition) is 1. The van der Waals surface area contributed by atoms with Gasteiger partial charge >= 0.3 is 5.97 Å². The summed E-state index contributed by atoms with van der Waals surface area (Å²) in [5, 5.41) is 5.24. The summed E-state index contributed by atoms with van der Waals surface area (Å²) in [5.74, 6) is 0.252. The molecule has 126 valence electrons. The predicted molar refractivity (Wildman–Crippen MR) is 90.6 cm³/mol. The molecule has 1 aromatic rings. The first kappa shape index (κ1) is 17.5. The fourth-order valence-electron chi connectivity index (χ4n) is 2.77. The van der Waals surface area contributed by atoms with Crippen LogP contribution in [-0.2, 0) is 9.53 Å². The molecule has 1 aliphatic heterocycles. The predicted octanol–water partition coefficient (Wildman–Crippen LogP) is 2.40. The highest BCUT2D eigenvalue weighted by molar-refractivity contribution is 7.13. The quantitative estimate of drug-likeness (QED) is 0.637. The van der Waals surface area contributed by atoms with Crippen LogP contribution in [0.2, 0.25) is 0 Å². The van der Waals surface area contributed by atoms with Crippen LogP contribution in [0.4, 0.5) is 5.13 Å². The van der Waals surface area contributed by atoms with Gasteiger partial charge in [-0.1, -0.05) is 19.9 Å². The van der Waals surface area contributed by atoms with Crippen LogP contribution in [0.5, 0.6) is 0 Å². The van der Waals surface area contributed by atoms with Crippen molar-refractivity contribution in [3.05, 3.63) is 23.7 Å². The number of rotatable bonds is 6. The molecular formula is C16H23N3O3S. The Kier molecular flexibility index (Phi) is 6.15. The summed E-state index contributed by atoms with van der Waals surface area (Å²) in [5.41, 5.74) is 0.217. The summed E-state index contributed by atoms with van der Waals surface area (Å²) in [7, 11) is 0. The number of carbonyl (C=O) groups excluding carboxylic acids is 2. The minimum atomic E-state index is -0.570. The van der Waals surface area contributed by atoms with Gasteiger partial charge in [-0.3, -0.25) is 4.79 Å². The lowest BCUT2D eigenvalue weighted by Gasteiger charge is -2.34. The first-order valence-electron chi connectivity index (χ1n) is 7.74. The van der Waals surface area contributed by atoms with Crippen LogP contribution in [0.15, 0.2) is 18.0 Å². The van der Waals surface area contributed by atoms with Gasteiger partial charge in [-0.2, -0.15) is 0 Å². The Morgan fingerprint density at radius 3 is 2.83 bits per heavy atom. The number of hydrogen-bond acceptors (Lipinski definition) is 6. The highest BCUT2D eigenvalue weighted by atomic mass is 32.1. The summed E-state index contributed by atoms with van der Waals surface area (Å²) in [6.45, 7) is 9.67. The number of amides is 1. The third-order valence-corrected chi connectivity index (χ3v) is 4.46. The van der Waals surface area contributed by atoms with Gasteiger partial charge in [0.1, 0.15) is 0 Å². The first-order valence-corrected chi connectivity index (χ1v) is 8.62. The fourth-order valence-corrected chi connectivity index (χ4v) is 3.46. The van der Waals surface area contributed by atoms with Crippen molar-refractivity contribution in [2.75, 3.05) is 31.6 Å². The van der Waals surface area contributed by atoms with Crippen molar-refractivity contribution in [3.63, 3.8) is 0 Å². The number of nitrogens with zero attached hydrogens (tertiary/aromatic N) is 2. The van der Waals surface area contributed by atoms with Gasteiger partial charge in [0.2, 0.25) is 0 Å². The number of anilines is 1. The number of aromatic nitrogens is 1. The van der Waals surface area contributed by atoms with Crippen molar-refractivity contribution in [2.45, 2.75) is 20.3 Å². The average Bonchev–Trinajstić information content (AvgIpc) is 2.98. The third-order valence-electron chi connectivity index (χ3n) is 3.66. The van der Waals surface area contributed by atoms with E-state index in [1.54, 1.807) is 16.4 Å². The third kappa shape index (κ3) is 5.06. The number of carbonyl (C=O) groups is 2. The number of nitrogens with one attached hydrogen (secondary N) is 1. The van der Waals surface area contributed by atoms with Gasteiger partial charge in [-0.15, -0.1) is 17.9 Å². The molecule has 7 heteroatoms. The van der Waals surface area contributed by atoms with Gasteiger partial charge < -0.3 is 15.0 Å². The standard InChI is InChI=1S/C16H23N3O3S/c1-4-5-17-16-18-13(10-23-16)15(21)22-9-14(20)19-7-11(2)6-12(3)8-19/h4,10-12H,1,5-9H2,2-3H3,(H,17,18)/t11-,12+. The molecule has 6 nitrogen and oxygen atoms in total. The molecule has 1 aliphatic rings. The molecule has 0 aliphatic carbocycles. The number of likely N-dealkylation sites (tertiary alicyclic amines) is 1. The van der Waals surface area contributed by atoms with Crippen molar-refractivity contribution in [3.8, 4) is 0 Å². The van der Waals surface area contributed by atoms with Crippen LogP contribution in [-0.4, -0.2) is 48.0 Å². The minimum Gasteiger partial charge on any atom is -0.451 e.